The van der Waals surface area contributed by atoms with Gasteiger partial charge in [0.2, 0.25) is 0 Å². The second-order valence-electron chi connectivity index (χ2n) is 5.11. The number of hydrogen-bond donors (Lipinski definition) is 1. The summed E-state index contributed by atoms with van der Waals surface area (Å²) in [5, 5.41) is 3.09. The van der Waals surface area contributed by atoms with E-state index in [1.54, 1.807) is 0 Å². The van der Waals surface area contributed by atoms with E-state index in [4.69, 9.17) is 4.74 Å². The Kier molecular flexibility index (Phi) is 8.66. The van der Waals surface area contributed by atoms with E-state index in [1.165, 1.54) is 38.5 Å². The molecule has 0 aromatic heterocycles. The van der Waals surface area contributed by atoms with Crippen molar-refractivity contribution in [3.63, 3.8) is 0 Å². The molecule has 0 saturated heterocycles. The highest BCUT2D eigenvalue weighted by molar-refractivity contribution is 5.07. The van der Waals surface area contributed by atoms with Crippen molar-refractivity contribution in [2.75, 3.05) is 20.2 Å². The fraction of sp³-hybridized carbons (Fsp3) is 0.750. The zero-order chi connectivity index (χ0) is 13.1. The lowest BCUT2D eigenvalue weighted by Gasteiger charge is -2.21. The molecule has 1 saturated carbocycles. The van der Waals surface area contributed by atoms with E-state index >= 15 is 0 Å². The third-order valence-electron chi connectivity index (χ3n) is 3.63. The van der Waals surface area contributed by atoms with Crippen LogP contribution in [0.3, 0.4) is 0 Å². The Balaban J connectivity index is 2.17. The van der Waals surface area contributed by atoms with Crippen LogP contribution in [0.15, 0.2) is 24.0 Å². The molecule has 0 amide bonds. The average molecular weight is 251 g/mol. The summed E-state index contributed by atoms with van der Waals surface area (Å²) >= 11 is 0. The van der Waals surface area contributed by atoms with Crippen molar-refractivity contribution in [3.05, 3.63) is 24.0 Å². The molecule has 0 aliphatic heterocycles. The smallest absolute Gasteiger partial charge is 0.0956 e. The van der Waals surface area contributed by atoms with Crippen molar-refractivity contribution in [1.82, 2.24) is 5.32 Å². The predicted octanol–water partition coefficient (Wildman–Crippen LogP) is 4.04. The Hall–Kier alpha value is -0.760. The highest BCUT2D eigenvalue weighted by Crippen LogP contribution is 2.26. The first-order chi connectivity index (χ1) is 8.86. The molecule has 18 heavy (non-hydrogen) atoms. The van der Waals surface area contributed by atoms with Gasteiger partial charge in [-0.15, -0.1) is 0 Å². The van der Waals surface area contributed by atoms with Gasteiger partial charge in [0.15, 0.2) is 0 Å². The molecule has 1 fully saturated rings. The average Bonchev–Trinajstić information content (AvgIpc) is 2.42. The lowest BCUT2D eigenvalue weighted by molar-refractivity contribution is 0.171. The number of hydrogen-bond acceptors (Lipinski definition) is 2. The summed E-state index contributed by atoms with van der Waals surface area (Å²) < 4.78 is 5.86. The van der Waals surface area contributed by atoms with E-state index in [9.17, 15) is 0 Å². The fourth-order valence-electron chi connectivity index (χ4n) is 2.46. The zero-order valence-corrected chi connectivity index (χ0v) is 12.1. The van der Waals surface area contributed by atoms with Gasteiger partial charge in [-0.3, -0.25) is 0 Å². The Morgan fingerprint density at radius 2 is 2.06 bits per heavy atom. The van der Waals surface area contributed by atoms with Crippen molar-refractivity contribution in [1.29, 1.82) is 0 Å². The molecule has 0 aromatic rings. The Bertz CT molecular complexity index is 252. The maximum absolute atomic E-state index is 5.86. The second kappa shape index (κ2) is 10.2. The summed E-state index contributed by atoms with van der Waals surface area (Å²) in [5.41, 5.74) is 0. The van der Waals surface area contributed by atoms with Crippen LogP contribution >= 0.6 is 0 Å². The minimum Gasteiger partial charge on any atom is -0.498 e. The monoisotopic (exact) mass is 251 g/mol. The molecule has 1 N–H and O–H groups in total. The van der Waals surface area contributed by atoms with Gasteiger partial charge >= 0.3 is 0 Å². The summed E-state index contributed by atoms with van der Waals surface area (Å²) in [7, 11) is 1.95. The molecule has 2 nitrogen and oxygen atoms in total. The number of rotatable bonds is 8. The maximum Gasteiger partial charge on any atom is 0.0956 e. The van der Waals surface area contributed by atoms with Gasteiger partial charge in [-0.1, -0.05) is 51.2 Å². The van der Waals surface area contributed by atoms with E-state index < -0.39 is 0 Å². The molecule has 1 aliphatic carbocycles. The number of allylic oxidation sites excluding steroid dienone is 3. The first-order valence-electron chi connectivity index (χ1n) is 7.50. The van der Waals surface area contributed by atoms with E-state index in [2.05, 4.69) is 30.5 Å². The number of nitrogens with one attached hydrogen (secondary N) is 1. The van der Waals surface area contributed by atoms with Crippen LogP contribution in [0, 0.1) is 5.92 Å². The largest absolute Gasteiger partial charge is 0.498 e. The van der Waals surface area contributed by atoms with Gasteiger partial charge in [-0.2, -0.15) is 0 Å². The number of ether oxygens (including phenoxy) is 1. The Morgan fingerprint density at radius 3 is 2.72 bits per heavy atom. The van der Waals surface area contributed by atoms with Crippen LogP contribution < -0.4 is 5.32 Å². The molecule has 1 rings (SSSR count). The van der Waals surface area contributed by atoms with Crippen LogP contribution in [-0.4, -0.2) is 20.2 Å². The molecular weight excluding hydrogens is 222 g/mol. The lowest BCUT2D eigenvalue weighted by Crippen LogP contribution is -2.09. The van der Waals surface area contributed by atoms with Crippen LogP contribution in [0.1, 0.15) is 51.9 Å². The van der Waals surface area contributed by atoms with Gasteiger partial charge in [-0.25, -0.2) is 0 Å². The fourth-order valence-corrected chi connectivity index (χ4v) is 2.46. The predicted molar refractivity (Wildman–Crippen MR) is 78.6 cm³/mol. The Morgan fingerprint density at radius 1 is 1.28 bits per heavy atom. The van der Waals surface area contributed by atoms with Gasteiger partial charge < -0.3 is 10.1 Å². The van der Waals surface area contributed by atoms with Crippen LogP contribution in [0.4, 0.5) is 0 Å². The second-order valence-corrected chi connectivity index (χ2v) is 5.11. The molecule has 0 unspecified atom stereocenters. The van der Waals surface area contributed by atoms with Gasteiger partial charge in [0.1, 0.15) is 0 Å². The van der Waals surface area contributed by atoms with Crippen LogP contribution in [0.25, 0.3) is 0 Å². The molecule has 0 heterocycles. The van der Waals surface area contributed by atoms with Crippen molar-refractivity contribution in [2.24, 2.45) is 5.92 Å². The highest BCUT2D eigenvalue weighted by Gasteiger charge is 2.12. The third kappa shape index (κ3) is 6.85. The van der Waals surface area contributed by atoms with E-state index in [0.717, 1.165) is 31.2 Å². The van der Waals surface area contributed by atoms with E-state index in [1.807, 2.05) is 7.05 Å². The highest BCUT2D eigenvalue weighted by atomic mass is 16.5. The SMILES string of the molecule is CC/C(=C\C=C/CNC)OCCC1CCCCC1. The first kappa shape index (κ1) is 15.3. The van der Waals surface area contributed by atoms with E-state index in [0.29, 0.717) is 0 Å². The summed E-state index contributed by atoms with van der Waals surface area (Å²) in [6, 6.07) is 0. The Labute approximate surface area is 112 Å². The number of likely N-dealkylation sites (N-methyl/N-ethyl adjacent to an activating group) is 1. The minimum atomic E-state index is 0.893. The van der Waals surface area contributed by atoms with Gasteiger partial charge in [0.25, 0.3) is 0 Å². The maximum atomic E-state index is 5.86. The molecule has 0 aromatic carbocycles. The van der Waals surface area contributed by atoms with Gasteiger partial charge in [-0.05, 0) is 25.5 Å². The summed E-state index contributed by atoms with van der Waals surface area (Å²) in [5.74, 6) is 2.02. The van der Waals surface area contributed by atoms with Crippen molar-refractivity contribution < 1.29 is 4.74 Å². The zero-order valence-electron chi connectivity index (χ0n) is 12.1. The lowest BCUT2D eigenvalue weighted by atomic mass is 9.87. The van der Waals surface area contributed by atoms with Crippen LogP contribution in [-0.2, 0) is 4.74 Å². The molecule has 2 heteroatoms. The normalized spacial score (nSPS) is 18.4. The topological polar surface area (TPSA) is 21.3 Å². The van der Waals surface area contributed by atoms with Crippen LogP contribution in [0.2, 0.25) is 0 Å². The van der Waals surface area contributed by atoms with Gasteiger partial charge in [0.05, 0.1) is 12.4 Å². The summed E-state index contributed by atoms with van der Waals surface area (Å²) in [6.45, 7) is 3.96. The van der Waals surface area contributed by atoms with Crippen LogP contribution in [0.5, 0.6) is 0 Å². The standard InChI is InChI=1S/C16H29NO/c1-3-16(11-7-8-13-17-2)18-14-12-15-9-5-4-6-10-15/h7-8,11,15,17H,3-6,9-10,12-14H2,1-2H3/b8-7-,16-11+. The van der Waals surface area contributed by atoms with Crippen molar-refractivity contribution >= 4 is 0 Å². The minimum absolute atomic E-state index is 0.893. The molecule has 0 bridgehead atoms. The molecule has 0 atom stereocenters. The van der Waals surface area contributed by atoms with Gasteiger partial charge in [0, 0.05) is 13.0 Å². The van der Waals surface area contributed by atoms with Crippen molar-refractivity contribution in [2.45, 2.75) is 51.9 Å². The summed E-state index contributed by atoms with van der Waals surface area (Å²) in [6.07, 6.45) is 15.6. The first-order valence-corrected chi connectivity index (χ1v) is 7.50. The third-order valence-corrected chi connectivity index (χ3v) is 3.63. The molecule has 104 valence electrons. The molecule has 0 radical (unpaired) electrons. The quantitative estimate of drug-likeness (QED) is 0.519. The van der Waals surface area contributed by atoms with E-state index in [-0.39, 0.29) is 0 Å². The van der Waals surface area contributed by atoms with Crippen molar-refractivity contribution in [3.8, 4) is 0 Å². The summed E-state index contributed by atoms with van der Waals surface area (Å²) in [4.78, 5) is 0. The molecule has 1 aliphatic rings. The molecular formula is C16H29NO. The molecule has 0 spiro atoms.